The molecule has 0 spiro atoms. The van der Waals surface area contributed by atoms with Crippen molar-refractivity contribution in [2.24, 2.45) is 11.8 Å². The first-order chi connectivity index (χ1) is 9.14. The van der Waals surface area contributed by atoms with Crippen LogP contribution in [0.15, 0.2) is 0 Å². The maximum atomic E-state index is 12.3. The molecule has 0 bridgehead atoms. The van der Waals surface area contributed by atoms with E-state index in [0.717, 1.165) is 0 Å². The number of amides is 2. The molecule has 112 valence electrons. The Hall–Kier alpha value is -1.71. The van der Waals surface area contributed by atoms with Crippen LogP contribution in [0.1, 0.15) is 20.3 Å². The smallest absolute Gasteiger partial charge is 0.342 e. The standard InChI is InChI=1S/C13H17F3N2O2/c1-4-10(8(2)3)17-12(20)9-5-11(19)18(6-9)7-13(14,15)16/h1,8-10H,5-7H2,2-3H3,(H,17,20)/t9-,10-/m1/s1. The molecular weight excluding hydrogens is 273 g/mol. The molecule has 1 saturated heterocycles. The van der Waals surface area contributed by atoms with E-state index in [1.54, 1.807) is 0 Å². The average Bonchev–Trinajstić information content (AvgIpc) is 2.65. The highest BCUT2D eigenvalue weighted by molar-refractivity contribution is 5.89. The van der Waals surface area contributed by atoms with E-state index in [4.69, 9.17) is 6.42 Å². The van der Waals surface area contributed by atoms with Crippen LogP contribution in [-0.4, -0.2) is 42.0 Å². The van der Waals surface area contributed by atoms with Gasteiger partial charge in [0.1, 0.15) is 6.54 Å². The van der Waals surface area contributed by atoms with Crippen LogP contribution in [0.5, 0.6) is 0 Å². The first-order valence-electron chi connectivity index (χ1n) is 6.25. The maximum Gasteiger partial charge on any atom is 0.406 e. The van der Waals surface area contributed by atoms with Gasteiger partial charge in [0.05, 0.1) is 12.0 Å². The minimum absolute atomic E-state index is 0.00679. The lowest BCUT2D eigenvalue weighted by Gasteiger charge is -2.20. The quantitative estimate of drug-likeness (QED) is 0.790. The summed E-state index contributed by atoms with van der Waals surface area (Å²) in [6, 6.07) is -0.491. The molecule has 0 saturated carbocycles. The van der Waals surface area contributed by atoms with Gasteiger partial charge < -0.3 is 10.2 Å². The van der Waals surface area contributed by atoms with Gasteiger partial charge in [0.25, 0.3) is 0 Å². The molecule has 1 heterocycles. The molecule has 20 heavy (non-hydrogen) atoms. The van der Waals surface area contributed by atoms with Crippen LogP contribution in [0.4, 0.5) is 13.2 Å². The second kappa shape index (κ2) is 6.16. The Morgan fingerprint density at radius 1 is 1.55 bits per heavy atom. The van der Waals surface area contributed by atoms with Crippen molar-refractivity contribution in [2.45, 2.75) is 32.5 Å². The van der Waals surface area contributed by atoms with Crippen molar-refractivity contribution in [3.8, 4) is 12.3 Å². The number of carbonyl (C=O) groups excluding carboxylic acids is 2. The highest BCUT2D eigenvalue weighted by atomic mass is 19.4. The number of likely N-dealkylation sites (tertiary alicyclic amines) is 1. The summed E-state index contributed by atoms with van der Waals surface area (Å²) in [5, 5.41) is 2.58. The zero-order valence-electron chi connectivity index (χ0n) is 11.3. The number of terminal acetylenes is 1. The van der Waals surface area contributed by atoms with Crippen molar-refractivity contribution >= 4 is 11.8 Å². The summed E-state index contributed by atoms with van der Waals surface area (Å²) in [5.74, 6) is 0.499. The van der Waals surface area contributed by atoms with Gasteiger partial charge in [-0.25, -0.2) is 0 Å². The predicted molar refractivity (Wildman–Crippen MR) is 66.3 cm³/mol. The summed E-state index contributed by atoms with van der Waals surface area (Å²) in [5.41, 5.74) is 0. The van der Waals surface area contributed by atoms with E-state index in [1.165, 1.54) is 0 Å². The Labute approximate surface area is 115 Å². The van der Waals surface area contributed by atoms with Crippen LogP contribution in [0.2, 0.25) is 0 Å². The van der Waals surface area contributed by atoms with E-state index >= 15 is 0 Å². The summed E-state index contributed by atoms with van der Waals surface area (Å²) in [6.07, 6.45) is 0.599. The highest BCUT2D eigenvalue weighted by Gasteiger charge is 2.40. The van der Waals surface area contributed by atoms with Gasteiger partial charge in [-0.15, -0.1) is 6.42 Å². The number of hydrogen-bond acceptors (Lipinski definition) is 2. The van der Waals surface area contributed by atoms with Crippen LogP contribution in [-0.2, 0) is 9.59 Å². The van der Waals surface area contributed by atoms with E-state index in [-0.39, 0.29) is 18.9 Å². The number of hydrogen-bond donors (Lipinski definition) is 1. The molecule has 1 rings (SSSR count). The van der Waals surface area contributed by atoms with Gasteiger partial charge in [-0.1, -0.05) is 19.8 Å². The molecule has 7 heteroatoms. The summed E-state index contributed by atoms with van der Waals surface area (Å²) < 4.78 is 36.8. The minimum atomic E-state index is -4.46. The Bertz CT molecular complexity index is 426. The van der Waals surface area contributed by atoms with E-state index in [9.17, 15) is 22.8 Å². The number of rotatable bonds is 4. The number of halogens is 3. The summed E-state index contributed by atoms with van der Waals surface area (Å²) >= 11 is 0. The Balaban J connectivity index is 2.60. The van der Waals surface area contributed by atoms with E-state index in [0.29, 0.717) is 4.90 Å². The maximum absolute atomic E-state index is 12.3. The predicted octanol–water partition coefficient (Wildman–Crippen LogP) is 1.17. The molecule has 0 aromatic heterocycles. The number of nitrogens with one attached hydrogen (secondary N) is 1. The molecule has 1 aliphatic heterocycles. The Kier molecular flexibility index (Phi) is 5.03. The molecule has 1 fully saturated rings. The topological polar surface area (TPSA) is 49.4 Å². The van der Waals surface area contributed by atoms with Gasteiger partial charge >= 0.3 is 6.18 Å². The zero-order chi connectivity index (χ0) is 15.5. The summed E-state index contributed by atoms with van der Waals surface area (Å²) in [6.45, 7) is 2.10. The fraction of sp³-hybridized carbons (Fsp3) is 0.692. The largest absolute Gasteiger partial charge is 0.406 e. The average molecular weight is 290 g/mol. The molecule has 2 amide bonds. The first kappa shape index (κ1) is 16.3. The Morgan fingerprint density at radius 2 is 2.15 bits per heavy atom. The van der Waals surface area contributed by atoms with Crippen molar-refractivity contribution in [1.82, 2.24) is 10.2 Å². The second-order valence-electron chi connectivity index (χ2n) is 5.19. The molecule has 2 atom stereocenters. The molecule has 0 aromatic carbocycles. The van der Waals surface area contributed by atoms with E-state index in [2.05, 4.69) is 11.2 Å². The zero-order valence-corrected chi connectivity index (χ0v) is 11.3. The molecule has 0 aromatic rings. The monoisotopic (exact) mass is 290 g/mol. The van der Waals surface area contributed by atoms with Gasteiger partial charge in [-0.05, 0) is 5.92 Å². The van der Waals surface area contributed by atoms with Crippen molar-refractivity contribution < 1.29 is 22.8 Å². The normalized spacial score (nSPS) is 20.9. The summed E-state index contributed by atoms with van der Waals surface area (Å²) in [4.78, 5) is 24.0. The summed E-state index contributed by atoms with van der Waals surface area (Å²) in [7, 11) is 0. The SMILES string of the molecule is C#C[C@@H](NC(=O)[C@@H]1CC(=O)N(CC(F)(F)F)C1)C(C)C. The van der Waals surface area contributed by atoms with Crippen molar-refractivity contribution in [2.75, 3.05) is 13.1 Å². The molecule has 0 aliphatic carbocycles. The van der Waals surface area contributed by atoms with Crippen LogP contribution in [0.25, 0.3) is 0 Å². The number of nitrogens with zero attached hydrogens (tertiary/aromatic N) is 1. The van der Waals surface area contributed by atoms with Crippen molar-refractivity contribution in [3.05, 3.63) is 0 Å². The lowest BCUT2D eigenvalue weighted by molar-refractivity contribution is -0.157. The third-order valence-electron chi connectivity index (χ3n) is 3.10. The molecule has 4 nitrogen and oxygen atoms in total. The fourth-order valence-electron chi connectivity index (χ4n) is 1.99. The van der Waals surface area contributed by atoms with Crippen molar-refractivity contribution in [1.29, 1.82) is 0 Å². The molecule has 0 unspecified atom stereocenters. The third-order valence-corrected chi connectivity index (χ3v) is 3.10. The van der Waals surface area contributed by atoms with E-state index in [1.807, 2.05) is 13.8 Å². The first-order valence-corrected chi connectivity index (χ1v) is 6.25. The minimum Gasteiger partial charge on any atom is -0.342 e. The number of carbonyl (C=O) groups is 2. The fourth-order valence-corrected chi connectivity index (χ4v) is 1.99. The highest BCUT2D eigenvalue weighted by Crippen LogP contribution is 2.24. The molecule has 1 aliphatic rings. The van der Waals surface area contributed by atoms with Gasteiger partial charge in [0.2, 0.25) is 11.8 Å². The van der Waals surface area contributed by atoms with Gasteiger partial charge in [0.15, 0.2) is 0 Å². The third kappa shape index (κ3) is 4.44. The Morgan fingerprint density at radius 3 is 2.60 bits per heavy atom. The van der Waals surface area contributed by atoms with Crippen molar-refractivity contribution in [3.63, 3.8) is 0 Å². The number of alkyl halides is 3. The van der Waals surface area contributed by atoms with Crippen LogP contribution in [0, 0.1) is 24.2 Å². The lowest BCUT2D eigenvalue weighted by atomic mass is 10.0. The van der Waals surface area contributed by atoms with Crippen LogP contribution < -0.4 is 5.32 Å². The van der Waals surface area contributed by atoms with Crippen LogP contribution in [0.3, 0.4) is 0 Å². The molecule has 0 radical (unpaired) electrons. The molecular formula is C13H17F3N2O2. The lowest BCUT2D eigenvalue weighted by Crippen LogP contribution is -2.42. The second-order valence-corrected chi connectivity index (χ2v) is 5.19. The molecule has 1 N–H and O–H groups in total. The van der Waals surface area contributed by atoms with Gasteiger partial charge in [0, 0.05) is 13.0 Å². The van der Waals surface area contributed by atoms with Gasteiger partial charge in [-0.2, -0.15) is 13.2 Å². The van der Waals surface area contributed by atoms with Gasteiger partial charge in [-0.3, -0.25) is 9.59 Å². The van der Waals surface area contributed by atoms with E-state index < -0.39 is 36.5 Å². The van der Waals surface area contributed by atoms with Crippen LogP contribution >= 0.6 is 0 Å².